The van der Waals surface area contributed by atoms with Crippen LogP contribution in [0.3, 0.4) is 0 Å². The summed E-state index contributed by atoms with van der Waals surface area (Å²) in [5.41, 5.74) is 4.38. The minimum atomic E-state index is 0.813. The van der Waals surface area contributed by atoms with E-state index in [-0.39, 0.29) is 0 Å². The quantitative estimate of drug-likeness (QED) is 0.898. The minimum absolute atomic E-state index is 0.813. The van der Waals surface area contributed by atoms with E-state index in [0.717, 1.165) is 25.7 Å². The van der Waals surface area contributed by atoms with E-state index >= 15 is 0 Å². The summed E-state index contributed by atoms with van der Waals surface area (Å²) in [4.78, 5) is 2.59. The van der Waals surface area contributed by atoms with Gasteiger partial charge in [-0.15, -0.1) is 0 Å². The second-order valence-corrected chi connectivity index (χ2v) is 5.75. The molecule has 3 nitrogen and oxygen atoms in total. The Kier molecular flexibility index (Phi) is 4.04. The zero-order valence-electron chi connectivity index (χ0n) is 11.8. The molecule has 3 heteroatoms. The van der Waals surface area contributed by atoms with Crippen LogP contribution in [0.2, 0.25) is 0 Å². The molecule has 0 aromatic heterocycles. The van der Waals surface area contributed by atoms with Crippen molar-refractivity contribution in [1.82, 2.24) is 5.32 Å². The van der Waals surface area contributed by atoms with Crippen molar-refractivity contribution in [2.24, 2.45) is 5.92 Å². The van der Waals surface area contributed by atoms with Crippen molar-refractivity contribution >= 4 is 5.69 Å². The molecular formula is C16H24N2O. The lowest BCUT2D eigenvalue weighted by atomic mass is 9.99. The maximum absolute atomic E-state index is 5.46. The number of nitrogens with zero attached hydrogens (tertiary/aromatic N) is 1. The highest BCUT2D eigenvalue weighted by Gasteiger charge is 2.23. The molecule has 0 bridgehead atoms. The summed E-state index contributed by atoms with van der Waals surface area (Å²) in [6, 6.07) is 6.94. The lowest BCUT2D eigenvalue weighted by Gasteiger charge is -2.28. The predicted octanol–water partition coefficient (Wildman–Crippen LogP) is 2.20. The van der Waals surface area contributed by atoms with Crippen LogP contribution in [0.1, 0.15) is 24.0 Å². The van der Waals surface area contributed by atoms with Gasteiger partial charge in [-0.2, -0.15) is 0 Å². The van der Waals surface area contributed by atoms with Crippen molar-refractivity contribution in [3.63, 3.8) is 0 Å². The highest BCUT2D eigenvalue weighted by Crippen LogP contribution is 2.31. The predicted molar refractivity (Wildman–Crippen MR) is 78.7 cm³/mol. The SMILES string of the molecule is CNCc1ccc2c(c1)N(CC1CCOCC1)CC2. The Labute approximate surface area is 115 Å². The number of anilines is 1. The summed E-state index contributed by atoms with van der Waals surface area (Å²) in [6.07, 6.45) is 3.66. The second-order valence-electron chi connectivity index (χ2n) is 5.75. The van der Waals surface area contributed by atoms with Gasteiger partial charge in [-0.25, -0.2) is 0 Å². The third-order valence-electron chi connectivity index (χ3n) is 4.34. The topological polar surface area (TPSA) is 24.5 Å². The summed E-state index contributed by atoms with van der Waals surface area (Å²) < 4.78 is 5.46. The average molecular weight is 260 g/mol. The summed E-state index contributed by atoms with van der Waals surface area (Å²) in [5, 5.41) is 3.24. The molecule has 1 saturated heterocycles. The van der Waals surface area contributed by atoms with E-state index in [9.17, 15) is 0 Å². The van der Waals surface area contributed by atoms with Crippen molar-refractivity contribution in [2.75, 3.05) is 38.3 Å². The molecule has 19 heavy (non-hydrogen) atoms. The Balaban J connectivity index is 1.70. The van der Waals surface area contributed by atoms with Gasteiger partial charge in [0.1, 0.15) is 0 Å². The Morgan fingerprint density at radius 2 is 2.16 bits per heavy atom. The Morgan fingerprint density at radius 3 is 2.95 bits per heavy atom. The Bertz CT molecular complexity index is 427. The van der Waals surface area contributed by atoms with Gasteiger partial charge in [-0.1, -0.05) is 12.1 Å². The van der Waals surface area contributed by atoms with Crippen LogP contribution < -0.4 is 10.2 Å². The number of hydrogen-bond donors (Lipinski definition) is 1. The van der Waals surface area contributed by atoms with E-state index < -0.39 is 0 Å². The molecule has 0 aliphatic carbocycles. The fourth-order valence-corrected chi connectivity index (χ4v) is 3.24. The smallest absolute Gasteiger partial charge is 0.0469 e. The molecule has 0 amide bonds. The monoisotopic (exact) mass is 260 g/mol. The fraction of sp³-hybridized carbons (Fsp3) is 0.625. The van der Waals surface area contributed by atoms with Crippen LogP contribution in [-0.2, 0) is 17.7 Å². The van der Waals surface area contributed by atoms with E-state index in [1.165, 1.54) is 49.2 Å². The number of fused-ring (bicyclic) bond motifs is 1. The molecule has 0 saturated carbocycles. The van der Waals surface area contributed by atoms with E-state index in [1.54, 1.807) is 0 Å². The number of nitrogens with one attached hydrogen (secondary N) is 1. The molecule has 3 rings (SSSR count). The summed E-state index contributed by atoms with van der Waals surface area (Å²) in [7, 11) is 2.01. The zero-order valence-corrected chi connectivity index (χ0v) is 11.8. The van der Waals surface area contributed by atoms with E-state index in [1.807, 2.05) is 7.05 Å². The van der Waals surface area contributed by atoms with Gasteiger partial charge in [0, 0.05) is 38.5 Å². The van der Waals surface area contributed by atoms with Gasteiger partial charge in [0.15, 0.2) is 0 Å². The molecule has 1 aromatic rings. The molecule has 104 valence electrons. The summed E-state index contributed by atoms with van der Waals surface area (Å²) >= 11 is 0. The van der Waals surface area contributed by atoms with Crippen LogP contribution in [-0.4, -0.2) is 33.4 Å². The molecule has 1 aromatic carbocycles. The molecular weight excluding hydrogens is 236 g/mol. The molecule has 2 aliphatic rings. The van der Waals surface area contributed by atoms with Gasteiger partial charge in [0.2, 0.25) is 0 Å². The van der Waals surface area contributed by atoms with Crippen molar-refractivity contribution < 1.29 is 4.74 Å². The third kappa shape index (κ3) is 2.93. The lowest BCUT2D eigenvalue weighted by molar-refractivity contribution is 0.0683. The molecule has 0 unspecified atom stereocenters. The highest BCUT2D eigenvalue weighted by atomic mass is 16.5. The normalized spacial score (nSPS) is 19.7. The minimum Gasteiger partial charge on any atom is -0.381 e. The number of ether oxygens (including phenoxy) is 1. The molecule has 2 aliphatic heterocycles. The zero-order chi connectivity index (χ0) is 13.1. The van der Waals surface area contributed by atoms with Gasteiger partial charge in [-0.3, -0.25) is 0 Å². The van der Waals surface area contributed by atoms with Crippen molar-refractivity contribution in [2.45, 2.75) is 25.8 Å². The summed E-state index contributed by atoms with van der Waals surface area (Å²) in [5.74, 6) is 0.813. The van der Waals surface area contributed by atoms with E-state index in [2.05, 4.69) is 28.4 Å². The maximum atomic E-state index is 5.46. The van der Waals surface area contributed by atoms with Crippen molar-refractivity contribution in [3.8, 4) is 0 Å². The largest absolute Gasteiger partial charge is 0.381 e. The molecule has 0 atom stereocenters. The van der Waals surface area contributed by atoms with Crippen LogP contribution in [0.25, 0.3) is 0 Å². The highest BCUT2D eigenvalue weighted by molar-refractivity contribution is 5.59. The van der Waals surface area contributed by atoms with Crippen LogP contribution in [0.5, 0.6) is 0 Å². The number of hydrogen-bond acceptors (Lipinski definition) is 3. The first-order valence-corrected chi connectivity index (χ1v) is 7.46. The van der Waals surface area contributed by atoms with Gasteiger partial charge in [-0.05, 0) is 49.4 Å². The van der Waals surface area contributed by atoms with E-state index in [0.29, 0.717) is 0 Å². The first kappa shape index (κ1) is 12.9. The van der Waals surface area contributed by atoms with Crippen LogP contribution in [0.15, 0.2) is 18.2 Å². The standard InChI is InChI=1S/C16H24N2O/c1-17-11-14-2-3-15-4-7-18(16(15)10-14)12-13-5-8-19-9-6-13/h2-3,10,13,17H,4-9,11-12H2,1H3. The first-order valence-electron chi connectivity index (χ1n) is 7.46. The molecule has 2 heterocycles. The molecule has 1 fully saturated rings. The van der Waals surface area contributed by atoms with Crippen LogP contribution >= 0.6 is 0 Å². The Morgan fingerprint density at radius 1 is 1.32 bits per heavy atom. The lowest BCUT2D eigenvalue weighted by Crippen LogP contribution is -2.31. The van der Waals surface area contributed by atoms with E-state index in [4.69, 9.17) is 4.74 Å². The number of benzene rings is 1. The third-order valence-corrected chi connectivity index (χ3v) is 4.34. The summed E-state index contributed by atoms with van der Waals surface area (Å²) in [6.45, 7) is 5.25. The van der Waals surface area contributed by atoms with Gasteiger partial charge in [0.05, 0.1) is 0 Å². The second kappa shape index (κ2) is 5.93. The number of rotatable bonds is 4. The first-order chi connectivity index (χ1) is 9.36. The van der Waals surface area contributed by atoms with Crippen LogP contribution in [0.4, 0.5) is 5.69 Å². The average Bonchev–Trinajstić information content (AvgIpc) is 2.83. The van der Waals surface area contributed by atoms with Crippen molar-refractivity contribution in [3.05, 3.63) is 29.3 Å². The fourth-order valence-electron chi connectivity index (χ4n) is 3.24. The Hall–Kier alpha value is -1.06. The van der Waals surface area contributed by atoms with Crippen molar-refractivity contribution in [1.29, 1.82) is 0 Å². The van der Waals surface area contributed by atoms with Crippen LogP contribution in [0, 0.1) is 5.92 Å². The molecule has 0 spiro atoms. The molecule has 0 radical (unpaired) electrons. The van der Waals surface area contributed by atoms with Gasteiger partial charge in [0.25, 0.3) is 0 Å². The van der Waals surface area contributed by atoms with Gasteiger partial charge >= 0.3 is 0 Å². The maximum Gasteiger partial charge on any atom is 0.0469 e. The molecule has 1 N–H and O–H groups in total. The van der Waals surface area contributed by atoms with Gasteiger partial charge < -0.3 is 15.0 Å².